The third-order valence-corrected chi connectivity index (χ3v) is 1.03. The van der Waals surface area contributed by atoms with Gasteiger partial charge < -0.3 is 16.7 Å². The Morgan fingerprint density at radius 1 is 1.07 bits per heavy atom. The molecule has 0 heterocycles. The van der Waals surface area contributed by atoms with Gasteiger partial charge in [0.15, 0.2) is 0 Å². The Morgan fingerprint density at radius 3 is 1.43 bits per heavy atom. The van der Waals surface area contributed by atoms with Crippen LogP contribution in [-0.2, 0) is 14.4 Å². The number of hydrogen-bond acceptors (Lipinski definition) is 3. The molecule has 0 aromatic carbocycles. The first kappa shape index (κ1) is 19.1. The molecular weight excluding hydrogens is 203 g/mol. The number of carbonyl (C=O) groups is 3. The Bertz CT molecular complexity index is 159. The van der Waals surface area contributed by atoms with E-state index in [-0.39, 0.29) is 50.3 Å². The molecule has 0 amide bonds. The van der Waals surface area contributed by atoms with E-state index >= 15 is 0 Å². The molecule has 0 spiro atoms. The van der Waals surface area contributed by atoms with Crippen LogP contribution in [0.1, 0.15) is 27.1 Å². The van der Waals surface area contributed by atoms with Crippen LogP contribution in [-0.4, -0.2) is 33.7 Å². The molecule has 7 heteroatoms. The van der Waals surface area contributed by atoms with Gasteiger partial charge in [-0.3, -0.25) is 14.4 Å². The van der Waals surface area contributed by atoms with Gasteiger partial charge in [0.05, 0.1) is 0 Å². The molecular formula is C7H13NaO6. The standard InChI is InChI=1S/C6H10O4.CH2O2.Na.H/c7-5(8)3-1-2-4-6(9)10;2-1-3;;/h1-4H2,(H,7,8)(H,9,10);1H,(H,2,3);;/q;;+1;-1. The van der Waals surface area contributed by atoms with Crippen LogP contribution < -0.4 is 29.6 Å². The Labute approximate surface area is 105 Å². The molecule has 0 fully saturated rings. The molecule has 14 heavy (non-hydrogen) atoms. The van der Waals surface area contributed by atoms with Crippen LogP contribution in [0, 0.1) is 0 Å². The van der Waals surface area contributed by atoms with Crippen molar-refractivity contribution in [2.75, 3.05) is 0 Å². The second-order valence-corrected chi connectivity index (χ2v) is 2.10. The van der Waals surface area contributed by atoms with E-state index in [1.165, 1.54) is 0 Å². The minimum atomic E-state index is -0.870. The Balaban J connectivity index is -0.000000108. The summed E-state index contributed by atoms with van der Waals surface area (Å²) in [5.41, 5.74) is 0. The molecule has 3 N–H and O–H groups in total. The SMILES string of the molecule is O=C(O)CCCCC(=O)O.O=CO.[H-].[Na+]. The molecule has 0 atom stereocenters. The summed E-state index contributed by atoms with van der Waals surface area (Å²) in [6, 6.07) is 0. The largest absolute Gasteiger partial charge is 1.00 e. The maximum atomic E-state index is 9.90. The van der Waals surface area contributed by atoms with Crippen LogP contribution in [0.25, 0.3) is 0 Å². The van der Waals surface area contributed by atoms with Crippen LogP contribution in [0.2, 0.25) is 0 Å². The number of hydrogen-bond donors (Lipinski definition) is 3. The summed E-state index contributed by atoms with van der Waals surface area (Å²) in [5, 5.41) is 23.2. The van der Waals surface area contributed by atoms with E-state index in [1.54, 1.807) is 0 Å². The van der Waals surface area contributed by atoms with Crippen LogP contribution in [0.3, 0.4) is 0 Å². The second-order valence-electron chi connectivity index (χ2n) is 2.10. The molecule has 0 bridgehead atoms. The Hall–Kier alpha value is -0.590. The number of aliphatic carboxylic acids is 2. The summed E-state index contributed by atoms with van der Waals surface area (Å²) in [4.78, 5) is 28.2. The second kappa shape index (κ2) is 14.9. The molecule has 0 rings (SSSR count). The summed E-state index contributed by atoms with van der Waals surface area (Å²) in [6.45, 7) is -0.250. The smallest absolute Gasteiger partial charge is 1.00 e. The van der Waals surface area contributed by atoms with E-state index in [2.05, 4.69) is 0 Å². The van der Waals surface area contributed by atoms with Crippen LogP contribution in [0.4, 0.5) is 0 Å². The molecule has 0 unspecified atom stereocenters. The average molecular weight is 216 g/mol. The molecule has 0 aromatic rings. The van der Waals surface area contributed by atoms with Crippen molar-refractivity contribution in [3.8, 4) is 0 Å². The molecule has 0 radical (unpaired) electrons. The van der Waals surface area contributed by atoms with Crippen LogP contribution in [0.5, 0.6) is 0 Å². The summed E-state index contributed by atoms with van der Waals surface area (Å²) in [6.07, 6.45) is 1.02. The summed E-state index contributed by atoms with van der Waals surface area (Å²) < 4.78 is 0. The summed E-state index contributed by atoms with van der Waals surface area (Å²) in [5.74, 6) is -1.74. The fourth-order valence-corrected chi connectivity index (χ4v) is 0.552. The maximum Gasteiger partial charge on any atom is 1.00 e. The summed E-state index contributed by atoms with van der Waals surface area (Å²) >= 11 is 0. The minimum Gasteiger partial charge on any atom is -1.00 e. The fourth-order valence-electron chi connectivity index (χ4n) is 0.552. The van der Waals surface area contributed by atoms with Crippen molar-refractivity contribution in [3.05, 3.63) is 0 Å². The third kappa shape index (κ3) is 30.1. The maximum absolute atomic E-state index is 9.90. The predicted octanol–water partition coefficient (Wildman–Crippen LogP) is -2.47. The van der Waals surface area contributed by atoms with E-state index in [0.29, 0.717) is 12.8 Å². The normalized spacial score (nSPS) is 7.43. The van der Waals surface area contributed by atoms with Crippen molar-refractivity contribution in [2.45, 2.75) is 25.7 Å². The van der Waals surface area contributed by atoms with Crippen molar-refractivity contribution >= 4 is 18.4 Å². The molecule has 78 valence electrons. The van der Waals surface area contributed by atoms with Gasteiger partial charge in [-0.15, -0.1) is 0 Å². The number of rotatable bonds is 5. The monoisotopic (exact) mass is 216 g/mol. The van der Waals surface area contributed by atoms with Crippen molar-refractivity contribution < 1.29 is 60.7 Å². The minimum absolute atomic E-state index is 0. The quantitative estimate of drug-likeness (QED) is 0.267. The number of carboxylic acid groups (broad SMARTS) is 3. The van der Waals surface area contributed by atoms with E-state index < -0.39 is 11.9 Å². The van der Waals surface area contributed by atoms with E-state index in [1.807, 2.05) is 0 Å². The van der Waals surface area contributed by atoms with Crippen LogP contribution >= 0.6 is 0 Å². The Kier molecular flexibility index (Phi) is 20.3. The van der Waals surface area contributed by atoms with Gasteiger partial charge in [0.25, 0.3) is 6.47 Å². The molecule has 0 aliphatic heterocycles. The molecule has 0 aromatic heterocycles. The van der Waals surface area contributed by atoms with E-state index in [9.17, 15) is 9.59 Å². The molecule has 0 saturated heterocycles. The van der Waals surface area contributed by atoms with Gasteiger partial charge >= 0.3 is 41.5 Å². The van der Waals surface area contributed by atoms with Gasteiger partial charge in [-0.05, 0) is 12.8 Å². The number of unbranched alkanes of at least 4 members (excludes halogenated alkanes) is 1. The van der Waals surface area contributed by atoms with E-state index in [0.717, 1.165) is 0 Å². The van der Waals surface area contributed by atoms with Crippen molar-refractivity contribution in [1.82, 2.24) is 0 Å². The fraction of sp³-hybridized carbons (Fsp3) is 0.571. The van der Waals surface area contributed by atoms with Crippen molar-refractivity contribution in [1.29, 1.82) is 0 Å². The first-order valence-corrected chi connectivity index (χ1v) is 3.56. The zero-order chi connectivity index (χ0) is 10.7. The van der Waals surface area contributed by atoms with Crippen molar-refractivity contribution in [3.63, 3.8) is 0 Å². The van der Waals surface area contributed by atoms with Gasteiger partial charge in [0, 0.05) is 12.8 Å². The first-order chi connectivity index (χ1) is 6.04. The zero-order valence-corrected chi connectivity index (χ0v) is 9.97. The van der Waals surface area contributed by atoms with Gasteiger partial charge in [-0.25, -0.2) is 0 Å². The molecule has 0 saturated carbocycles. The molecule has 0 aliphatic rings. The Morgan fingerprint density at radius 2 is 1.29 bits per heavy atom. The third-order valence-electron chi connectivity index (χ3n) is 1.03. The van der Waals surface area contributed by atoms with Crippen LogP contribution in [0.15, 0.2) is 0 Å². The van der Waals surface area contributed by atoms with Gasteiger partial charge in [-0.2, -0.15) is 0 Å². The molecule has 0 aliphatic carbocycles. The first-order valence-electron chi connectivity index (χ1n) is 3.56. The molecule has 6 nitrogen and oxygen atoms in total. The van der Waals surface area contributed by atoms with Gasteiger partial charge in [0.2, 0.25) is 0 Å². The topological polar surface area (TPSA) is 112 Å². The average Bonchev–Trinajstić information content (AvgIpc) is 1.99. The number of carboxylic acids is 2. The predicted molar refractivity (Wildman–Crippen MR) is 43.5 cm³/mol. The van der Waals surface area contributed by atoms with Gasteiger partial charge in [0.1, 0.15) is 0 Å². The van der Waals surface area contributed by atoms with Crippen molar-refractivity contribution in [2.24, 2.45) is 0 Å². The van der Waals surface area contributed by atoms with Gasteiger partial charge in [-0.1, -0.05) is 0 Å². The summed E-state index contributed by atoms with van der Waals surface area (Å²) in [7, 11) is 0. The van der Waals surface area contributed by atoms with E-state index in [4.69, 9.17) is 20.1 Å². The zero-order valence-electron chi connectivity index (χ0n) is 8.97.